The second-order valence-electron chi connectivity index (χ2n) is 4.36. The van der Waals surface area contributed by atoms with Crippen LogP contribution in [0.4, 0.5) is 0 Å². The van der Waals surface area contributed by atoms with Crippen molar-refractivity contribution < 1.29 is 0 Å². The molecule has 15 heavy (non-hydrogen) atoms. The number of nitrogens with zero attached hydrogens (tertiary/aromatic N) is 2. The molecule has 0 spiro atoms. The number of nitrogens with one attached hydrogen (secondary N) is 1. The molecule has 0 saturated heterocycles. The summed E-state index contributed by atoms with van der Waals surface area (Å²) in [4.78, 5) is 0. The fourth-order valence-corrected chi connectivity index (χ4v) is 2.15. The van der Waals surface area contributed by atoms with E-state index in [1.807, 2.05) is 6.20 Å². The average Bonchev–Trinajstić information content (AvgIpc) is 2.93. The summed E-state index contributed by atoms with van der Waals surface area (Å²) in [6.45, 7) is 6.32. The van der Waals surface area contributed by atoms with Gasteiger partial charge in [-0.2, -0.15) is 5.10 Å². The quantitative estimate of drug-likeness (QED) is 0.776. The van der Waals surface area contributed by atoms with Gasteiger partial charge in [-0.05, 0) is 31.9 Å². The van der Waals surface area contributed by atoms with Crippen molar-refractivity contribution >= 4 is 0 Å². The van der Waals surface area contributed by atoms with Gasteiger partial charge in [0.2, 0.25) is 0 Å². The molecule has 84 valence electrons. The van der Waals surface area contributed by atoms with Gasteiger partial charge >= 0.3 is 0 Å². The Morgan fingerprint density at radius 3 is 2.93 bits per heavy atom. The molecule has 0 amide bonds. The fraction of sp³-hybridized carbons (Fsp3) is 0.750. The summed E-state index contributed by atoms with van der Waals surface area (Å²) in [6.07, 6.45) is 6.03. The minimum Gasteiger partial charge on any atom is -0.309 e. The van der Waals surface area contributed by atoms with Crippen LogP contribution in [0.3, 0.4) is 0 Å². The van der Waals surface area contributed by atoms with Crippen LogP contribution in [0.2, 0.25) is 0 Å². The Bertz CT molecular complexity index is 302. The summed E-state index contributed by atoms with van der Waals surface area (Å²) in [5, 5.41) is 7.91. The number of hydrogen-bond donors (Lipinski definition) is 1. The van der Waals surface area contributed by atoms with Crippen LogP contribution in [-0.2, 0) is 6.54 Å². The molecule has 1 aromatic rings. The molecular weight excluding hydrogens is 186 g/mol. The summed E-state index contributed by atoms with van der Waals surface area (Å²) in [6, 6.07) is 2.66. The third kappa shape index (κ3) is 2.59. The molecule has 1 aliphatic carbocycles. The van der Waals surface area contributed by atoms with E-state index in [0.717, 1.165) is 19.0 Å². The van der Waals surface area contributed by atoms with Gasteiger partial charge in [0.25, 0.3) is 0 Å². The van der Waals surface area contributed by atoms with Gasteiger partial charge in [0.05, 0.1) is 5.69 Å². The Kier molecular flexibility index (Phi) is 3.41. The first-order valence-corrected chi connectivity index (χ1v) is 6.10. The molecule has 0 radical (unpaired) electrons. The van der Waals surface area contributed by atoms with Crippen molar-refractivity contribution in [3.63, 3.8) is 0 Å². The number of hydrogen-bond acceptors (Lipinski definition) is 2. The van der Waals surface area contributed by atoms with Gasteiger partial charge < -0.3 is 5.32 Å². The average molecular weight is 207 g/mol. The maximum atomic E-state index is 4.34. The van der Waals surface area contributed by atoms with Crippen LogP contribution < -0.4 is 5.32 Å². The summed E-state index contributed by atoms with van der Waals surface area (Å²) in [7, 11) is 0. The van der Waals surface area contributed by atoms with Crippen molar-refractivity contribution in [2.24, 2.45) is 5.92 Å². The fourth-order valence-electron chi connectivity index (χ4n) is 2.15. The molecule has 1 aromatic heterocycles. The van der Waals surface area contributed by atoms with E-state index in [1.54, 1.807) is 0 Å². The third-order valence-corrected chi connectivity index (χ3v) is 3.12. The largest absolute Gasteiger partial charge is 0.309 e. The van der Waals surface area contributed by atoms with Gasteiger partial charge in [0, 0.05) is 18.8 Å². The molecule has 1 saturated carbocycles. The molecule has 0 aromatic carbocycles. The van der Waals surface area contributed by atoms with Gasteiger partial charge in [-0.3, -0.25) is 4.68 Å². The van der Waals surface area contributed by atoms with Gasteiger partial charge in [-0.1, -0.05) is 19.8 Å². The lowest BCUT2D eigenvalue weighted by Gasteiger charge is -2.18. The Morgan fingerprint density at radius 1 is 1.53 bits per heavy atom. The molecule has 1 aliphatic rings. The van der Waals surface area contributed by atoms with Crippen molar-refractivity contribution in [3.05, 3.63) is 18.0 Å². The summed E-state index contributed by atoms with van der Waals surface area (Å²) in [5.74, 6) is 0.953. The Morgan fingerprint density at radius 2 is 2.33 bits per heavy atom. The lowest BCUT2D eigenvalue weighted by Crippen LogP contribution is -2.24. The van der Waals surface area contributed by atoms with Crippen molar-refractivity contribution in [1.29, 1.82) is 0 Å². The normalized spacial score (nSPS) is 18.0. The van der Waals surface area contributed by atoms with E-state index in [2.05, 4.69) is 35.0 Å². The topological polar surface area (TPSA) is 29.9 Å². The maximum Gasteiger partial charge on any atom is 0.0553 e. The molecular formula is C12H21N3. The van der Waals surface area contributed by atoms with E-state index < -0.39 is 0 Å². The van der Waals surface area contributed by atoms with Crippen molar-refractivity contribution in [1.82, 2.24) is 15.1 Å². The zero-order chi connectivity index (χ0) is 10.7. The van der Waals surface area contributed by atoms with E-state index in [-0.39, 0.29) is 0 Å². The first-order chi connectivity index (χ1) is 7.35. The molecule has 1 fully saturated rings. The summed E-state index contributed by atoms with van der Waals surface area (Å²) < 4.78 is 2.11. The highest BCUT2D eigenvalue weighted by molar-refractivity contribution is 5.08. The van der Waals surface area contributed by atoms with Gasteiger partial charge in [0.15, 0.2) is 0 Å². The summed E-state index contributed by atoms with van der Waals surface area (Å²) >= 11 is 0. The third-order valence-electron chi connectivity index (χ3n) is 3.12. The van der Waals surface area contributed by atoms with E-state index in [9.17, 15) is 0 Å². The molecule has 3 nitrogen and oxygen atoms in total. The first-order valence-electron chi connectivity index (χ1n) is 6.10. The lowest BCUT2D eigenvalue weighted by molar-refractivity contribution is 0.446. The molecule has 1 unspecified atom stereocenters. The van der Waals surface area contributed by atoms with Crippen molar-refractivity contribution in [2.45, 2.75) is 45.7 Å². The van der Waals surface area contributed by atoms with Crippen molar-refractivity contribution in [2.75, 3.05) is 6.54 Å². The number of aromatic nitrogens is 2. The Labute approximate surface area is 91.9 Å². The van der Waals surface area contributed by atoms with Crippen LogP contribution in [-0.4, -0.2) is 16.3 Å². The second-order valence-corrected chi connectivity index (χ2v) is 4.36. The highest BCUT2D eigenvalue weighted by Crippen LogP contribution is 2.37. The molecule has 3 heteroatoms. The standard InChI is InChI=1S/C12H21N3/c1-3-13-11(9-10-5-6-10)12-7-8-14-15(12)4-2/h7-8,10-11,13H,3-6,9H2,1-2H3. The minimum atomic E-state index is 0.505. The van der Waals surface area contributed by atoms with E-state index in [0.29, 0.717) is 6.04 Å². The van der Waals surface area contributed by atoms with Gasteiger partial charge in [-0.15, -0.1) is 0 Å². The molecule has 0 bridgehead atoms. The van der Waals surface area contributed by atoms with E-state index in [4.69, 9.17) is 0 Å². The van der Waals surface area contributed by atoms with Crippen LogP contribution in [0, 0.1) is 5.92 Å². The summed E-state index contributed by atoms with van der Waals surface area (Å²) in [5.41, 5.74) is 1.35. The smallest absolute Gasteiger partial charge is 0.0553 e. The molecule has 1 N–H and O–H groups in total. The van der Waals surface area contributed by atoms with Crippen molar-refractivity contribution in [3.8, 4) is 0 Å². The van der Waals surface area contributed by atoms with E-state index >= 15 is 0 Å². The van der Waals surface area contributed by atoms with E-state index in [1.165, 1.54) is 25.0 Å². The SMILES string of the molecule is CCNC(CC1CC1)c1ccnn1CC. The predicted octanol–water partition coefficient (Wildman–Crippen LogP) is 2.35. The van der Waals surface area contributed by atoms with Gasteiger partial charge in [-0.25, -0.2) is 0 Å². The molecule has 0 aliphatic heterocycles. The Balaban J connectivity index is 2.07. The Hall–Kier alpha value is -0.830. The highest BCUT2D eigenvalue weighted by Gasteiger charge is 2.27. The first kappa shape index (κ1) is 10.7. The monoisotopic (exact) mass is 207 g/mol. The minimum absolute atomic E-state index is 0.505. The molecule has 1 atom stereocenters. The zero-order valence-corrected chi connectivity index (χ0v) is 9.74. The predicted molar refractivity (Wildman–Crippen MR) is 61.7 cm³/mol. The van der Waals surface area contributed by atoms with Crippen LogP contribution in [0.25, 0.3) is 0 Å². The number of aryl methyl sites for hydroxylation is 1. The maximum absolute atomic E-state index is 4.34. The zero-order valence-electron chi connectivity index (χ0n) is 9.74. The van der Waals surface area contributed by atoms with Crippen LogP contribution >= 0.6 is 0 Å². The second kappa shape index (κ2) is 4.79. The van der Waals surface area contributed by atoms with Crippen LogP contribution in [0.5, 0.6) is 0 Å². The molecule has 2 rings (SSSR count). The number of rotatable bonds is 6. The van der Waals surface area contributed by atoms with Crippen LogP contribution in [0.15, 0.2) is 12.3 Å². The van der Waals surface area contributed by atoms with Gasteiger partial charge in [0.1, 0.15) is 0 Å². The van der Waals surface area contributed by atoms with Crippen LogP contribution in [0.1, 0.15) is 44.8 Å². The highest BCUT2D eigenvalue weighted by atomic mass is 15.3. The lowest BCUT2D eigenvalue weighted by atomic mass is 10.1. The molecule has 1 heterocycles.